The van der Waals surface area contributed by atoms with E-state index in [1.165, 1.54) is 0 Å². The summed E-state index contributed by atoms with van der Waals surface area (Å²) >= 11 is -7.00. The quantitative estimate of drug-likeness (QED) is 0.550. The van der Waals surface area contributed by atoms with E-state index in [9.17, 15) is 14.0 Å². The standard InChI is InChI=1S/2C5H5N.F4Ge/c2*1-2-4-6-5-3-1;1-5(2,3)4/h2*1-5H;. The SMILES string of the molecule is [F][Ge]([F])([F])[F].c1ccncc1.c1ccncc1. The monoisotopic (exact) mass is 308 g/mol. The molecule has 0 unspecified atom stereocenters. The molecule has 2 rings (SSSR count). The molecule has 2 heterocycles. The summed E-state index contributed by atoms with van der Waals surface area (Å²) in [6.45, 7) is 0. The third-order valence-corrected chi connectivity index (χ3v) is 1.13. The minimum atomic E-state index is -7.00. The fraction of sp³-hybridized carbons (Fsp3) is 0. The van der Waals surface area contributed by atoms with Crippen molar-refractivity contribution in [3.63, 3.8) is 0 Å². The van der Waals surface area contributed by atoms with Crippen molar-refractivity contribution < 1.29 is 14.0 Å². The summed E-state index contributed by atoms with van der Waals surface area (Å²) in [6, 6.07) is 11.4. The van der Waals surface area contributed by atoms with E-state index in [0.717, 1.165) is 0 Å². The molecule has 0 aromatic carbocycles. The first-order valence-electron chi connectivity index (χ1n) is 4.46. The van der Waals surface area contributed by atoms with Crippen LogP contribution in [0.1, 0.15) is 0 Å². The van der Waals surface area contributed by atoms with Gasteiger partial charge in [-0.15, -0.1) is 0 Å². The number of rotatable bonds is 0. The van der Waals surface area contributed by atoms with Crippen molar-refractivity contribution in [2.75, 3.05) is 0 Å². The van der Waals surface area contributed by atoms with Gasteiger partial charge in [-0.05, 0) is 24.3 Å². The van der Waals surface area contributed by atoms with Gasteiger partial charge in [0.15, 0.2) is 0 Å². The molecule has 0 bridgehead atoms. The predicted octanol–water partition coefficient (Wildman–Crippen LogP) is 3.46. The van der Waals surface area contributed by atoms with Gasteiger partial charge in [-0.2, -0.15) is 0 Å². The molecule has 0 spiro atoms. The minimum Gasteiger partial charge on any atom is -0.265 e. The molecule has 2 aromatic rings. The van der Waals surface area contributed by atoms with Crippen molar-refractivity contribution in [3.05, 3.63) is 61.2 Å². The molecule has 0 aliphatic rings. The van der Waals surface area contributed by atoms with E-state index in [4.69, 9.17) is 0 Å². The zero-order valence-electron chi connectivity index (χ0n) is 8.68. The van der Waals surface area contributed by atoms with Gasteiger partial charge >= 0.3 is 29.1 Å². The van der Waals surface area contributed by atoms with E-state index in [-0.39, 0.29) is 0 Å². The molecule has 0 fully saturated rings. The summed E-state index contributed by atoms with van der Waals surface area (Å²) in [7, 11) is 0. The molecule has 0 radical (unpaired) electrons. The second-order valence-electron chi connectivity index (χ2n) is 2.48. The second kappa shape index (κ2) is 9.77. The first kappa shape index (κ1) is 15.6. The summed E-state index contributed by atoms with van der Waals surface area (Å²) in [4.78, 5) is 7.57. The first-order chi connectivity index (χ1) is 8.00. The largest absolute Gasteiger partial charge is 0.265 e. The van der Waals surface area contributed by atoms with Gasteiger partial charge in [0.25, 0.3) is 0 Å². The number of halogens is 4. The number of hydrogen-bond donors (Lipinski definition) is 0. The van der Waals surface area contributed by atoms with Crippen molar-refractivity contribution >= 4 is 15.1 Å². The van der Waals surface area contributed by atoms with Crippen LogP contribution in [0.4, 0.5) is 14.0 Å². The smallest absolute Gasteiger partial charge is 0.0267 e. The molecular weight excluding hydrogens is 297 g/mol. The van der Waals surface area contributed by atoms with Crippen molar-refractivity contribution in [2.24, 2.45) is 0 Å². The summed E-state index contributed by atoms with van der Waals surface area (Å²) in [6.07, 6.45) is 7.00. The Labute approximate surface area is 101 Å². The molecule has 0 saturated carbocycles. The van der Waals surface area contributed by atoms with E-state index in [1.807, 2.05) is 36.4 Å². The van der Waals surface area contributed by atoms with Crippen LogP contribution in [0.25, 0.3) is 0 Å². The van der Waals surface area contributed by atoms with Crippen molar-refractivity contribution in [2.45, 2.75) is 0 Å². The average molecular weight is 307 g/mol. The molecule has 0 aliphatic heterocycles. The molecule has 0 amide bonds. The Hall–Kier alpha value is -1.44. The van der Waals surface area contributed by atoms with E-state index < -0.39 is 15.1 Å². The van der Waals surface area contributed by atoms with Gasteiger partial charge in [-0.25, -0.2) is 0 Å². The average Bonchev–Trinajstić information content (AvgIpc) is 2.32. The van der Waals surface area contributed by atoms with Gasteiger partial charge < -0.3 is 0 Å². The Morgan fingerprint density at radius 3 is 0.824 bits per heavy atom. The van der Waals surface area contributed by atoms with Crippen molar-refractivity contribution in [1.82, 2.24) is 9.97 Å². The molecule has 92 valence electrons. The van der Waals surface area contributed by atoms with E-state index in [2.05, 4.69) is 9.97 Å². The van der Waals surface area contributed by atoms with Crippen LogP contribution < -0.4 is 0 Å². The van der Waals surface area contributed by atoms with Crippen LogP contribution in [-0.4, -0.2) is 25.1 Å². The third kappa shape index (κ3) is 20.6. The van der Waals surface area contributed by atoms with Gasteiger partial charge in [-0.1, -0.05) is 12.1 Å². The van der Waals surface area contributed by atoms with Gasteiger partial charge in [0.05, 0.1) is 0 Å². The fourth-order valence-corrected chi connectivity index (χ4v) is 0.625. The molecule has 17 heavy (non-hydrogen) atoms. The normalized spacial score (nSPS) is 9.18. The van der Waals surface area contributed by atoms with Crippen LogP contribution in [0.3, 0.4) is 0 Å². The molecule has 2 nitrogen and oxygen atoms in total. The molecular formula is C10H10F4GeN2. The van der Waals surface area contributed by atoms with Crippen molar-refractivity contribution in [1.29, 1.82) is 0 Å². The summed E-state index contributed by atoms with van der Waals surface area (Å²) in [5, 5.41) is 0. The third-order valence-electron chi connectivity index (χ3n) is 1.13. The topological polar surface area (TPSA) is 25.8 Å². The molecule has 0 atom stereocenters. The summed E-state index contributed by atoms with van der Waals surface area (Å²) < 4.78 is 39.5. The van der Waals surface area contributed by atoms with Crippen molar-refractivity contribution in [3.8, 4) is 0 Å². The van der Waals surface area contributed by atoms with Crippen LogP contribution in [-0.2, 0) is 0 Å². The second-order valence-corrected chi connectivity index (χ2v) is 4.28. The Balaban J connectivity index is 0.000000228. The number of pyridine rings is 2. The first-order valence-corrected chi connectivity index (χ1v) is 7.63. The van der Waals surface area contributed by atoms with Crippen LogP contribution >= 0.6 is 0 Å². The number of nitrogens with zero attached hydrogens (tertiary/aromatic N) is 2. The molecule has 2 aromatic heterocycles. The predicted molar refractivity (Wildman–Crippen MR) is 58.7 cm³/mol. The Kier molecular flexibility index (Phi) is 8.94. The zero-order valence-corrected chi connectivity index (χ0v) is 10.8. The number of aromatic nitrogens is 2. The maximum absolute atomic E-state index is 9.88. The maximum Gasteiger partial charge on any atom is 0.0267 e. The minimum absolute atomic E-state index is 1.75. The Morgan fingerprint density at radius 2 is 0.765 bits per heavy atom. The fourth-order valence-electron chi connectivity index (χ4n) is 0.625. The van der Waals surface area contributed by atoms with Crippen LogP contribution in [0.2, 0.25) is 0 Å². The molecule has 0 aliphatic carbocycles. The molecule has 0 N–H and O–H groups in total. The summed E-state index contributed by atoms with van der Waals surface area (Å²) in [5.41, 5.74) is 0. The van der Waals surface area contributed by atoms with E-state index in [0.29, 0.717) is 0 Å². The summed E-state index contributed by atoms with van der Waals surface area (Å²) in [5.74, 6) is 0. The zero-order chi connectivity index (χ0) is 13.0. The van der Waals surface area contributed by atoms with Gasteiger partial charge in [-0.3, -0.25) is 9.97 Å². The van der Waals surface area contributed by atoms with Crippen LogP contribution in [0, 0.1) is 0 Å². The van der Waals surface area contributed by atoms with E-state index in [1.54, 1.807) is 24.8 Å². The molecule has 7 heteroatoms. The van der Waals surface area contributed by atoms with Crippen LogP contribution in [0.5, 0.6) is 0 Å². The van der Waals surface area contributed by atoms with Gasteiger partial charge in [0, 0.05) is 24.8 Å². The Morgan fingerprint density at radius 1 is 0.529 bits per heavy atom. The van der Waals surface area contributed by atoms with Gasteiger partial charge in [0.2, 0.25) is 0 Å². The number of hydrogen-bond acceptors (Lipinski definition) is 2. The maximum atomic E-state index is 9.88. The Bertz CT molecular complexity index is 265. The molecule has 0 saturated heterocycles. The van der Waals surface area contributed by atoms with Gasteiger partial charge in [0.1, 0.15) is 0 Å². The van der Waals surface area contributed by atoms with Crippen LogP contribution in [0.15, 0.2) is 61.2 Å². The van der Waals surface area contributed by atoms with E-state index >= 15 is 0 Å².